The Balaban J connectivity index is 1.92. The first-order valence-corrected chi connectivity index (χ1v) is 6.97. The normalized spacial score (nSPS) is 18.1. The maximum atomic E-state index is 12.1. The minimum atomic E-state index is -0.852. The Labute approximate surface area is 122 Å². The fourth-order valence-electron chi connectivity index (χ4n) is 2.25. The number of nitrogens with one attached hydrogen (secondary N) is 1. The minimum Gasteiger partial charge on any atom is -0.481 e. The molecule has 2 rings (SSSR count). The highest BCUT2D eigenvalue weighted by atomic mass is 16.5. The molecule has 2 amide bonds. The molecule has 1 aliphatic rings. The van der Waals surface area contributed by atoms with Crippen LogP contribution in [0, 0.1) is 5.92 Å². The largest absolute Gasteiger partial charge is 0.481 e. The Morgan fingerprint density at radius 3 is 2.95 bits per heavy atom. The van der Waals surface area contributed by atoms with Crippen LogP contribution in [-0.4, -0.2) is 46.7 Å². The molecule has 1 atom stereocenters. The lowest BCUT2D eigenvalue weighted by atomic mass is 9.99. The van der Waals surface area contributed by atoms with Gasteiger partial charge < -0.3 is 20.1 Å². The summed E-state index contributed by atoms with van der Waals surface area (Å²) in [6.45, 7) is 3.21. The van der Waals surface area contributed by atoms with Crippen molar-refractivity contribution in [3.05, 3.63) is 18.3 Å². The third-order valence-electron chi connectivity index (χ3n) is 3.34. The molecule has 0 aromatic carbocycles. The van der Waals surface area contributed by atoms with Gasteiger partial charge in [-0.3, -0.25) is 4.79 Å². The molecule has 1 aromatic heterocycles. The van der Waals surface area contributed by atoms with Gasteiger partial charge in [-0.1, -0.05) is 0 Å². The first kappa shape index (κ1) is 15.1. The van der Waals surface area contributed by atoms with E-state index < -0.39 is 11.9 Å². The molecule has 7 nitrogen and oxygen atoms in total. The highest BCUT2D eigenvalue weighted by Crippen LogP contribution is 2.18. The van der Waals surface area contributed by atoms with Crippen LogP contribution in [0.15, 0.2) is 18.3 Å². The van der Waals surface area contributed by atoms with Gasteiger partial charge in [-0.15, -0.1) is 0 Å². The molecule has 0 bridgehead atoms. The Bertz CT molecular complexity index is 503. The molecule has 0 unspecified atom stereocenters. The number of pyridine rings is 1. The number of nitrogens with zero attached hydrogens (tertiary/aromatic N) is 2. The number of piperidine rings is 1. The number of aromatic nitrogens is 1. The molecule has 0 aliphatic carbocycles. The summed E-state index contributed by atoms with van der Waals surface area (Å²) in [6, 6.07) is 3.08. The van der Waals surface area contributed by atoms with Crippen LogP contribution in [0.2, 0.25) is 0 Å². The van der Waals surface area contributed by atoms with E-state index in [0.717, 1.165) is 0 Å². The van der Waals surface area contributed by atoms with Crippen molar-refractivity contribution in [2.45, 2.75) is 19.8 Å². The Morgan fingerprint density at radius 1 is 1.52 bits per heavy atom. The van der Waals surface area contributed by atoms with Crippen molar-refractivity contribution in [3.63, 3.8) is 0 Å². The Morgan fingerprint density at radius 2 is 2.33 bits per heavy atom. The second-order valence-electron chi connectivity index (χ2n) is 4.87. The molecule has 7 heteroatoms. The zero-order valence-corrected chi connectivity index (χ0v) is 11.9. The number of carboxylic acids is 1. The molecular weight excluding hydrogens is 274 g/mol. The van der Waals surface area contributed by atoms with Crippen LogP contribution in [0.25, 0.3) is 0 Å². The van der Waals surface area contributed by atoms with Crippen molar-refractivity contribution in [2.75, 3.05) is 25.0 Å². The van der Waals surface area contributed by atoms with E-state index in [9.17, 15) is 9.59 Å². The Hall–Kier alpha value is -2.31. The highest BCUT2D eigenvalue weighted by Gasteiger charge is 2.28. The smallest absolute Gasteiger partial charge is 0.321 e. The summed E-state index contributed by atoms with van der Waals surface area (Å²) in [5.41, 5.74) is 0.556. The van der Waals surface area contributed by atoms with Gasteiger partial charge in [-0.25, -0.2) is 9.78 Å². The number of hydrogen-bond acceptors (Lipinski definition) is 4. The number of carboxylic acid groups (broad SMARTS) is 1. The number of ether oxygens (including phenoxy) is 1. The van der Waals surface area contributed by atoms with E-state index in [1.165, 1.54) is 11.1 Å². The van der Waals surface area contributed by atoms with Gasteiger partial charge in [-0.2, -0.15) is 0 Å². The van der Waals surface area contributed by atoms with Crippen molar-refractivity contribution in [1.29, 1.82) is 0 Å². The van der Waals surface area contributed by atoms with E-state index in [-0.39, 0.29) is 12.6 Å². The summed E-state index contributed by atoms with van der Waals surface area (Å²) in [4.78, 5) is 28.7. The van der Waals surface area contributed by atoms with Gasteiger partial charge in [0.15, 0.2) is 0 Å². The quantitative estimate of drug-likeness (QED) is 0.883. The zero-order chi connectivity index (χ0) is 15.2. The zero-order valence-electron chi connectivity index (χ0n) is 11.9. The molecule has 1 saturated heterocycles. The van der Waals surface area contributed by atoms with Gasteiger partial charge in [0.05, 0.1) is 24.4 Å². The number of likely N-dealkylation sites (tertiary alicyclic amines) is 1. The van der Waals surface area contributed by atoms with Crippen molar-refractivity contribution in [2.24, 2.45) is 5.92 Å². The van der Waals surface area contributed by atoms with Gasteiger partial charge in [0.2, 0.25) is 5.88 Å². The molecule has 0 spiro atoms. The van der Waals surface area contributed by atoms with Gasteiger partial charge >= 0.3 is 12.0 Å². The lowest BCUT2D eigenvalue weighted by Crippen LogP contribution is -2.44. The number of anilines is 1. The second kappa shape index (κ2) is 6.92. The van der Waals surface area contributed by atoms with Crippen molar-refractivity contribution < 1.29 is 19.4 Å². The van der Waals surface area contributed by atoms with E-state index in [1.54, 1.807) is 12.1 Å². The van der Waals surface area contributed by atoms with Crippen LogP contribution in [0.3, 0.4) is 0 Å². The van der Waals surface area contributed by atoms with Crippen LogP contribution in [0.5, 0.6) is 5.88 Å². The summed E-state index contributed by atoms with van der Waals surface area (Å²) in [5.74, 6) is -0.836. The number of urea groups is 1. The summed E-state index contributed by atoms with van der Waals surface area (Å²) >= 11 is 0. The monoisotopic (exact) mass is 293 g/mol. The van der Waals surface area contributed by atoms with Gasteiger partial charge in [0.1, 0.15) is 0 Å². The number of carbonyl (C=O) groups excluding carboxylic acids is 1. The van der Waals surface area contributed by atoms with Crippen LogP contribution in [0.1, 0.15) is 19.8 Å². The molecule has 2 heterocycles. The van der Waals surface area contributed by atoms with Crippen LogP contribution in [0.4, 0.5) is 10.5 Å². The lowest BCUT2D eigenvalue weighted by Gasteiger charge is -2.30. The predicted molar refractivity (Wildman–Crippen MR) is 76.4 cm³/mol. The van der Waals surface area contributed by atoms with Crippen LogP contribution >= 0.6 is 0 Å². The summed E-state index contributed by atoms with van der Waals surface area (Å²) in [6.07, 6.45) is 2.83. The highest BCUT2D eigenvalue weighted by molar-refractivity contribution is 5.89. The standard InChI is InChI=1S/C14H19N3O4/c1-2-21-12-6-5-11(8-15-12)16-14(20)17-7-3-4-10(9-17)13(18)19/h5-6,8,10H,2-4,7,9H2,1H3,(H,16,20)(H,18,19)/t10-/m1/s1. The first-order chi connectivity index (χ1) is 10.1. The van der Waals surface area contributed by atoms with E-state index >= 15 is 0 Å². The number of amides is 2. The summed E-state index contributed by atoms with van der Waals surface area (Å²) < 4.78 is 5.22. The van der Waals surface area contributed by atoms with Gasteiger partial charge in [0.25, 0.3) is 0 Å². The molecule has 2 N–H and O–H groups in total. The number of rotatable bonds is 4. The fourth-order valence-corrected chi connectivity index (χ4v) is 2.25. The SMILES string of the molecule is CCOc1ccc(NC(=O)N2CCC[C@@H](C(=O)O)C2)cn1. The number of carbonyl (C=O) groups is 2. The van der Waals surface area contributed by atoms with Crippen LogP contribution < -0.4 is 10.1 Å². The van der Waals surface area contributed by atoms with Crippen molar-refractivity contribution >= 4 is 17.7 Å². The fraction of sp³-hybridized carbons (Fsp3) is 0.500. The summed E-state index contributed by atoms with van der Waals surface area (Å²) in [7, 11) is 0. The molecule has 0 radical (unpaired) electrons. The number of aliphatic carboxylic acids is 1. The van der Waals surface area contributed by atoms with Gasteiger partial charge in [-0.05, 0) is 25.8 Å². The van der Waals surface area contributed by atoms with Crippen molar-refractivity contribution in [3.8, 4) is 5.88 Å². The third kappa shape index (κ3) is 4.08. The first-order valence-electron chi connectivity index (χ1n) is 6.97. The average molecular weight is 293 g/mol. The summed E-state index contributed by atoms with van der Waals surface area (Å²) in [5, 5.41) is 11.7. The molecule has 0 saturated carbocycles. The average Bonchev–Trinajstić information content (AvgIpc) is 2.49. The topological polar surface area (TPSA) is 91.8 Å². The lowest BCUT2D eigenvalue weighted by molar-refractivity contribution is -0.143. The van der Waals surface area contributed by atoms with Crippen molar-refractivity contribution in [1.82, 2.24) is 9.88 Å². The maximum Gasteiger partial charge on any atom is 0.321 e. The number of hydrogen-bond donors (Lipinski definition) is 2. The molecule has 1 aromatic rings. The molecule has 21 heavy (non-hydrogen) atoms. The minimum absolute atomic E-state index is 0.242. The Kier molecular flexibility index (Phi) is 4.97. The van der Waals surface area contributed by atoms with E-state index in [1.807, 2.05) is 6.92 Å². The predicted octanol–water partition coefficient (Wildman–Crippen LogP) is 1.81. The van der Waals surface area contributed by atoms with E-state index in [2.05, 4.69) is 10.3 Å². The van der Waals surface area contributed by atoms with Crippen LogP contribution in [-0.2, 0) is 4.79 Å². The molecular formula is C14H19N3O4. The van der Waals surface area contributed by atoms with E-state index in [0.29, 0.717) is 37.6 Å². The molecule has 1 fully saturated rings. The molecule has 114 valence electrons. The third-order valence-corrected chi connectivity index (χ3v) is 3.34. The molecule has 1 aliphatic heterocycles. The van der Waals surface area contributed by atoms with E-state index in [4.69, 9.17) is 9.84 Å². The maximum absolute atomic E-state index is 12.1. The second-order valence-corrected chi connectivity index (χ2v) is 4.87. The van der Waals surface area contributed by atoms with Gasteiger partial charge in [0, 0.05) is 19.2 Å².